The van der Waals surface area contributed by atoms with Crippen LogP contribution in [0.2, 0.25) is 0 Å². The SMILES string of the molecule is COc1cc([C@H]2C3=C(CN(C(C)=O)C3=O)Nc3cccc4c3c2cn4CC(C)C)ccc1OC(C)C. The third kappa shape index (κ3) is 3.92. The Morgan fingerprint density at radius 2 is 1.92 bits per heavy atom. The number of amides is 2. The predicted molar refractivity (Wildman–Crippen MR) is 140 cm³/mol. The van der Waals surface area contributed by atoms with Crippen LogP contribution in [0.5, 0.6) is 11.5 Å². The average Bonchev–Trinajstić information content (AvgIpc) is 3.28. The molecule has 0 radical (unpaired) electrons. The molecule has 2 aromatic carbocycles. The van der Waals surface area contributed by atoms with Gasteiger partial charge in [0.15, 0.2) is 11.5 Å². The van der Waals surface area contributed by atoms with Crippen LogP contribution in [0.1, 0.15) is 51.7 Å². The molecule has 0 unspecified atom stereocenters. The summed E-state index contributed by atoms with van der Waals surface area (Å²) in [5.41, 5.74) is 5.39. The Balaban J connectivity index is 1.76. The highest BCUT2D eigenvalue weighted by Crippen LogP contribution is 2.47. The number of benzene rings is 2. The van der Waals surface area contributed by atoms with E-state index in [1.165, 1.54) is 11.8 Å². The smallest absolute Gasteiger partial charge is 0.259 e. The lowest BCUT2D eigenvalue weighted by Gasteiger charge is -2.21. The maximum absolute atomic E-state index is 13.7. The molecule has 0 saturated carbocycles. The monoisotopic (exact) mass is 487 g/mol. The van der Waals surface area contributed by atoms with E-state index >= 15 is 0 Å². The maximum Gasteiger partial charge on any atom is 0.259 e. The number of hydrogen-bond donors (Lipinski definition) is 1. The Labute approximate surface area is 211 Å². The van der Waals surface area contributed by atoms with Crippen LogP contribution in [0, 0.1) is 5.92 Å². The summed E-state index contributed by atoms with van der Waals surface area (Å²) in [7, 11) is 1.62. The van der Waals surface area contributed by atoms with E-state index in [1.807, 2.05) is 44.2 Å². The molecule has 3 aromatic rings. The minimum absolute atomic E-state index is 0.00163. The van der Waals surface area contributed by atoms with E-state index in [1.54, 1.807) is 7.11 Å². The Morgan fingerprint density at radius 3 is 2.58 bits per heavy atom. The van der Waals surface area contributed by atoms with Crippen molar-refractivity contribution in [2.24, 2.45) is 5.92 Å². The fraction of sp³-hybridized carbons (Fsp3) is 0.379. The predicted octanol–water partition coefficient (Wildman–Crippen LogP) is 5.29. The van der Waals surface area contributed by atoms with Gasteiger partial charge in [0, 0.05) is 42.4 Å². The van der Waals surface area contributed by atoms with Crippen LogP contribution in [0.3, 0.4) is 0 Å². The van der Waals surface area contributed by atoms with Crippen molar-refractivity contribution in [2.75, 3.05) is 19.0 Å². The number of methoxy groups -OCH3 is 1. The standard InChI is InChI=1S/C29H33N3O4/c1-16(2)13-31-14-20-26(19-10-11-24(36-17(3)4)25(12-19)35-6)28-22(15-32(18(5)33)29(28)34)30-21-8-7-9-23(31)27(20)21/h7-12,14,16-17,26,30H,13,15H2,1-6H3/t26-/m1/s1. The summed E-state index contributed by atoms with van der Waals surface area (Å²) < 4.78 is 13.9. The summed E-state index contributed by atoms with van der Waals surface area (Å²) in [4.78, 5) is 27.3. The molecular weight excluding hydrogens is 454 g/mol. The summed E-state index contributed by atoms with van der Waals surface area (Å²) in [5.74, 6) is 0.835. The molecule has 1 aromatic heterocycles. The number of hydrogen-bond acceptors (Lipinski definition) is 5. The Kier molecular flexibility index (Phi) is 6.02. The normalized spacial score (nSPS) is 17.1. The molecule has 2 aliphatic heterocycles. The minimum atomic E-state index is -0.370. The van der Waals surface area contributed by atoms with Crippen LogP contribution in [0.4, 0.5) is 5.69 Å². The van der Waals surface area contributed by atoms with Crippen LogP contribution >= 0.6 is 0 Å². The van der Waals surface area contributed by atoms with Gasteiger partial charge in [-0.3, -0.25) is 14.5 Å². The van der Waals surface area contributed by atoms with Crippen LogP contribution in [0.15, 0.2) is 53.9 Å². The lowest BCUT2D eigenvalue weighted by molar-refractivity contribution is -0.139. The zero-order valence-corrected chi connectivity index (χ0v) is 21.7. The summed E-state index contributed by atoms with van der Waals surface area (Å²) in [6.07, 6.45) is 2.17. The van der Waals surface area contributed by atoms with Crippen LogP contribution in [-0.4, -0.2) is 41.0 Å². The number of carbonyl (C=O) groups excluding carboxylic acids is 2. The molecule has 3 heterocycles. The zero-order chi connectivity index (χ0) is 25.7. The van der Waals surface area contributed by atoms with E-state index in [9.17, 15) is 9.59 Å². The molecule has 0 saturated heterocycles. The van der Waals surface area contributed by atoms with Crippen molar-refractivity contribution in [3.63, 3.8) is 0 Å². The summed E-state index contributed by atoms with van der Waals surface area (Å²) in [6.45, 7) is 10.9. The third-order valence-corrected chi connectivity index (χ3v) is 6.76. The molecule has 36 heavy (non-hydrogen) atoms. The molecule has 0 aliphatic carbocycles. The molecule has 0 bridgehead atoms. The van der Waals surface area contributed by atoms with E-state index in [2.05, 4.69) is 36.0 Å². The van der Waals surface area contributed by atoms with Gasteiger partial charge in [0.1, 0.15) is 0 Å². The number of nitrogens with zero attached hydrogens (tertiary/aromatic N) is 2. The quantitative estimate of drug-likeness (QED) is 0.511. The fourth-order valence-corrected chi connectivity index (χ4v) is 5.38. The van der Waals surface area contributed by atoms with Gasteiger partial charge in [-0.2, -0.15) is 0 Å². The van der Waals surface area contributed by atoms with Gasteiger partial charge in [0.2, 0.25) is 5.91 Å². The van der Waals surface area contributed by atoms with Gasteiger partial charge in [-0.25, -0.2) is 0 Å². The molecule has 1 atom stereocenters. The molecule has 5 rings (SSSR count). The second kappa shape index (κ2) is 9.04. The van der Waals surface area contributed by atoms with Gasteiger partial charge in [0.25, 0.3) is 5.91 Å². The van der Waals surface area contributed by atoms with Crippen LogP contribution in [0.25, 0.3) is 10.9 Å². The van der Waals surface area contributed by atoms with Crippen LogP contribution < -0.4 is 14.8 Å². The minimum Gasteiger partial charge on any atom is -0.493 e. The van der Waals surface area contributed by atoms with Gasteiger partial charge >= 0.3 is 0 Å². The van der Waals surface area contributed by atoms with Crippen molar-refractivity contribution in [1.29, 1.82) is 0 Å². The Bertz CT molecular complexity index is 1400. The van der Waals surface area contributed by atoms with Crippen molar-refractivity contribution in [3.8, 4) is 11.5 Å². The molecule has 188 valence electrons. The highest BCUT2D eigenvalue weighted by molar-refractivity contribution is 6.11. The molecule has 2 aliphatic rings. The number of aromatic nitrogens is 1. The van der Waals surface area contributed by atoms with Crippen molar-refractivity contribution in [2.45, 2.75) is 53.2 Å². The highest BCUT2D eigenvalue weighted by Gasteiger charge is 2.41. The molecule has 1 N–H and O–H groups in total. The molecule has 0 fully saturated rings. The first-order chi connectivity index (χ1) is 17.2. The lowest BCUT2D eigenvalue weighted by atomic mass is 9.84. The van der Waals surface area contributed by atoms with Gasteiger partial charge in [-0.15, -0.1) is 0 Å². The topological polar surface area (TPSA) is 72.8 Å². The van der Waals surface area contributed by atoms with Gasteiger partial charge in [-0.1, -0.05) is 26.0 Å². The van der Waals surface area contributed by atoms with Crippen LogP contribution in [-0.2, 0) is 16.1 Å². The van der Waals surface area contributed by atoms with E-state index in [0.717, 1.165) is 40.0 Å². The number of carbonyl (C=O) groups is 2. The first-order valence-electron chi connectivity index (χ1n) is 12.5. The largest absolute Gasteiger partial charge is 0.493 e. The second-order valence-corrected chi connectivity index (χ2v) is 10.3. The number of nitrogens with one attached hydrogen (secondary N) is 1. The molecule has 2 amide bonds. The molecule has 0 spiro atoms. The maximum atomic E-state index is 13.7. The van der Waals surface area contributed by atoms with Crippen molar-refractivity contribution >= 4 is 28.4 Å². The average molecular weight is 488 g/mol. The number of rotatable bonds is 6. The van der Waals surface area contributed by atoms with E-state index in [0.29, 0.717) is 23.0 Å². The number of anilines is 1. The van der Waals surface area contributed by atoms with Gasteiger partial charge in [0.05, 0.1) is 30.8 Å². The van der Waals surface area contributed by atoms with E-state index < -0.39 is 0 Å². The Morgan fingerprint density at radius 1 is 1.14 bits per heavy atom. The van der Waals surface area contributed by atoms with Gasteiger partial charge < -0.3 is 19.4 Å². The lowest BCUT2D eigenvalue weighted by Crippen LogP contribution is -2.33. The first kappa shape index (κ1) is 24.0. The second-order valence-electron chi connectivity index (χ2n) is 10.3. The summed E-state index contributed by atoms with van der Waals surface area (Å²) in [6, 6.07) is 12.1. The summed E-state index contributed by atoms with van der Waals surface area (Å²) >= 11 is 0. The first-order valence-corrected chi connectivity index (χ1v) is 12.5. The van der Waals surface area contributed by atoms with E-state index in [4.69, 9.17) is 9.47 Å². The fourth-order valence-electron chi connectivity index (χ4n) is 5.38. The Hall–Kier alpha value is -3.74. The van der Waals surface area contributed by atoms with Gasteiger partial charge in [-0.05, 0) is 55.2 Å². The number of imide groups is 1. The zero-order valence-electron chi connectivity index (χ0n) is 21.7. The highest BCUT2D eigenvalue weighted by atomic mass is 16.5. The third-order valence-electron chi connectivity index (χ3n) is 6.76. The van der Waals surface area contributed by atoms with Crippen molar-refractivity contribution in [1.82, 2.24) is 9.47 Å². The van der Waals surface area contributed by atoms with Crippen molar-refractivity contribution in [3.05, 3.63) is 65.0 Å². The summed E-state index contributed by atoms with van der Waals surface area (Å²) in [5, 5.41) is 4.63. The molecular formula is C29H33N3O4. The number of ether oxygens (including phenoxy) is 2. The molecule has 7 nitrogen and oxygen atoms in total. The van der Waals surface area contributed by atoms with E-state index in [-0.39, 0.29) is 30.4 Å². The molecule has 7 heteroatoms. The van der Waals surface area contributed by atoms with Crippen molar-refractivity contribution < 1.29 is 19.1 Å².